The molecule has 0 fully saturated rings. The molecule has 0 aliphatic carbocycles. The van der Waals surface area contributed by atoms with E-state index in [1.807, 2.05) is 35.7 Å². The van der Waals surface area contributed by atoms with Crippen molar-refractivity contribution in [2.75, 3.05) is 0 Å². The Bertz CT molecular complexity index is 768. The van der Waals surface area contributed by atoms with Crippen molar-refractivity contribution in [1.82, 2.24) is 15.0 Å². The van der Waals surface area contributed by atoms with E-state index in [1.54, 1.807) is 19.2 Å². The molecule has 104 valence electrons. The minimum Gasteiger partial charge on any atom is -0.292 e. The van der Waals surface area contributed by atoms with Crippen LogP contribution in [0.2, 0.25) is 0 Å². The maximum absolute atomic E-state index is 12.2. The number of thiazole rings is 1. The molecule has 0 spiro atoms. The summed E-state index contributed by atoms with van der Waals surface area (Å²) in [6, 6.07) is 11.6. The summed E-state index contributed by atoms with van der Waals surface area (Å²) in [4.78, 5) is 24.9. The molecule has 3 rings (SSSR count). The van der Waals surface area contributed by atoms with Crippen LogP contribution in [-0.4, -0.2) is 20.7 Å². The second kappa shape index (κ2) is 5.93. The molecule has 0 unspecified atom stereocenters. The summed E-state index contributed by atoms with van der Waals surface area (Å²) >= 11 is 1.50. The predicted octanol–water partition coefficient (Wildman–Crippen LogP) is 3.33. The number of carbonyl (C=O) groups excluding carboxylic acids is 1. The second-order valence-corrected chi connectivity index (χ2v) is 5.52. The summed E-state index contributed by atoms with van der Waals surface area (Å²) in [6.07, 6.45) is 1.88. The number of nitrogens with zero attached hydrogens (tertiary/aromatic N) is 3. The van der Waals surface area contributed by atoms with Crippen LogP contribution in [0, 0.1) is 6.92 Å². The van der Waals surface area contributed by atoms with Crippen LogP contribution >= 0.6 is 11.3 Å². The van der Waals surface area contributed by atoms with Gasteiger partial charge < -0.3 is 0 Å². The molecule has 0 aliphatic rings. The van der Waals surface area contributed by atoms with Crippen LogP contribution < -0.4 is 0 Å². The number of carbonyl (C=O) groups is 1. The fraction of sp³-hybridized carbons (Fsp3) is 0.125. The Hall–Kier alpha value is -2.40. The zero-order valence-electron chi connectivity index (χ0n) is 11.5. The summed E-state index contributed by atoms with van der Waals surface area (Å²) in [7, 11) is 0. The normalized spacial score (nSPS) is 10.5. The van der Waals surface area contributed by atoms with Gasteiger partial charge in [0.2, 0.25) is 0 Å². The monoisotopic (exact) mass is 295 g/mol. The van der Waals surface area contributed by atoms with E-state index < -0.39 is 0 Å². The molecule has 0 saturated carbocycles. The summed E-state index contributed by atoms with van der Waals surface area (Å²) in [5, 5.41) is 2.78. The molecule has 0 aliphatic heterocycles. The standard InChI is InChI=1S/C16H13N3OS/c1-11-17-8-7-13(18-11)15(20)9-16-19-14(10-21-16)12-5-3-2-4-6-12/h2-8,10H,9H2,1H3. The first kappa shape index (κ1) is 13.6. The van der Waals surface area contributed by atoms with Crippen molar-refractivity contribution in [2.24, 2.45) is 0 Å². The molecule has 4 nitrogen and oxygen atoms in total. The lowest BCUT2D eigenvalue weighted by Crippen LogP contribution is -2.07. The smallest absolute Gasteiger partial charge is 0.188 e. The van der Waals surface area contributed by atoms with Gasteiger partial charge >= 0.3 is 0 Å². The topological polar surface area (TPSA) is 55.7 Å². The van der Waals surface area contributed by atoms with Crippen molar-refractivity contribution in [3.63, 3.8) is 0 Å². The molecular weight excluding hydrogens is 282 g/mol. The Balaban J connectivity index is 1.77. The van der Waals surface area contributed by atoms with Crippen molar-refractivity contribution in [1.29, 1.82) is 0 Å². The van der Waals surface area contributed by atoms with Crippen molar-refractivity contribution in [3.8, 4) is 11.3 Å². The Morgan fingerprint density at radius 1 is 1.14 bits per heavy atom. The fourth-order valence-electron chi connectivity index (χ4n) is 1.97. The molecule has 2 aromatic heterocycles. The number of hydrogen-bond donors (Lipinski definition) is 0. The van der Waals surface area contributed by atoms with Gasteiger partial charge in [0.15, 0.2) is 5.78 Å². The molecule has 0 N–H and O–H groups in total. The summed E-state index contributed by atoms with van der Waals surface area (Å²) in [6.45, 7) is 1.77. The number of benzene rings is 1. The highest BCUT2D eigenvalue weighted by molar-refractivity contribution is 7.10. The van der Waals surface area contributed by atoms with E-state index in [1.165, 1.54) is 11.3 Å². The van der Waals surface area contributed by atoms with Crippen molar-refractivity contribution < 1.29 is 4.79 Å². The molecule has 3 aromatic rings. The third-order valence-electron chi connectivity index (χ3n) is 2.99. The number of Topliss-reactive ketones (excluding diaryl/α,β-unsaturated/α-hetero) is 1. The van der Waals surface area contributed by atoms with Crippen LogP contribution in [-0.2, 0) is 6.42 Å². The summed E-state index contributed by atoms with van der Waals surface area (Å²) < 4.78 is 0. The van der Waals surface area contributed by atoms with Gasteiger partial charge in [0.25, 0.3) is 0 Å². The maximum Gasteiger partial charge on any atom is 0.188 e. The third kappa shape index (κ3) is 3.20. The van der Waals surface area contributed by atoms with Gasteiger partial charge in [-0.15, -0.1) is 11.3 Å². The van der Waals surface area contributed by atoms with E-state index in [0.717, 1.165) is 16.3 Å². The lowest BCUT2D eigenvalue weighted by Gasteiger charge is -1.98. The Kier molecular flexibility index (Phi) is 3.83. The van der Waals surface area contributed by atoms with Crippen LogP contribution in [0.3, 0.4) is 0 Å². The third-order valence-corrected chi connectivity index (χ3v) is 3.84. The van der Waals surface area contributed by atoms with E-state index in [0.29, 0.717) is 11.5 Å². The van der Waals surface area contributed by atoms with E-state index in [-0.39, 0.29) is 12.2 Å². The van der Waals surface area contributed by atoms with Crippen molar-refractivity contribution in [3.05, 3.63) is 64.5 Å². The highest BCUT2D eigenvalue weighted by Gasteiger charge is 2.12. The van der Waals surface area contributed by atoms with Gasteiger partial charge in [0, 0.05) is 17.1 Å². The zero-order chi connectivity index (χ0) is 14.7. The first-order chi connectivity index (χ1) is 10.2. The van der Waals surface area contributed by atoms with Crippen LogP contribution in [0.15, 0.2) is 48.0 Å². The van der Waals surface area contributed by atoms with E-state index >= 15 is 0 Å². The number of rotatable bonds is 4. The average Bonchev–Trinajstić information content (AvgIpc) is 2.97. The lowest BCUT2D eigenvalue weighted by atomic mass is 10.2. The fourth-order valence-corrected chi connectivity index (χ4v) is 2.77. The van der Waals surface area contributed by atoms with Crippen LogP contribution in [0.1, 0.15) is 21.3 Å². The van der Waals surface area contributed by atoms with Gasteiger partial charge in [-0.2, -0.15) is 0 Å². The first-order valence-corrected chi connectivity index (χ1v) is 7.43. The summed E-state index contributed by atoms with van der Waals surface area (Å²) in [5.41, 5.74) is 2.41. The summed E-state index contributed by atoms with van der Waals surface area (Å²) in [5.74, 6) is 0.569. The van der Waals surface area contributed by atoms with Gasteiger partial charge in [-0.3, -0.25) is 4.79 Å². The van der Waals surface area contributed by atoms with Gasteiger partial charge in [-0.05, 0) is 13.0 Å². The van der Waals surface area contributed by atoms with Gasteiger partial charge in [-0.25, -0.2) is 15.0 Å². The molecule has 21 heavy (non-hydrogen) atoms. The molecular formula is C16H13N3OS. The average molecular weight is 295 g/mol. The maximum atomic E-state index is 12.2. The molecule has 1 aromatic carbocycles. The number of aryl methyl sites for hydroxylation is 1. The predicted molar refractivity (Wildman–Crippen MR) is 82.4 cm³/mol. The minimum atomic E-state index is -0.0329. The van der Waals surface area contributed by atoms with Crippen LogP contribution in [0.4, 0.5) is 0 Å². The lowest BCUT2D eigenvalue weighted by molar-refractivity contribution is 0.0988. The zero-order valence-corrected chi connectivity index (χ0v) is 12.3. The van der Waals surface area contributed by atoms with Crippen molar-refractivity contribution >= 4 is 17.1 Å². The molecule has 2 heterocycles. The largest absolute Gasteiger partial charge is 0.292 e. The number of ketones is 1. The Labute approximate surface area is 126 Å². The van der Waals surface area contributed by atoms with Gasteiger partial charge in [0.1, 0.15) is 16.5 Å². The minimum absolute atomic E-state index is 0.0329. The van der Waals surface area contributed by atoms with Crippen molar-refractivity contribution in [2.45, 2.75) is 13.3 Å². The Morgan fingerprint density at radius 3 is 2.71 bits per heavy atom. The number of hydrogen-bond acceptors (Lipinski definition) is 5. The van der Waals surface area contributed by atoms with Crippen LogP contribution in [0.5, 0.6) is 0 Å². The quantitative estimate of drug-likeness (QED) is 0.693. The first-order valence-electron chi connectivity index (χ1n) is 6.55. The highest BCUT2D eigenvalue weighted by Crippen LogP contribution is 2.22. The van der Waals surface area contributed by atoms with Gasteiger partial charge in [0.05, 0.1) is 12.1 Å². The SMILES string of the molecule is Cc1nccc(C(=O)Cc2nc(-c3ccccc3)cs2)n1. The molecule has 0 atom stereocenters. The van der Waals surface area contributed by atoms with E-state index in [2.05, 4.69) is 15.0 Å². The Morgan fingerprint density at radius 2 is 1.95 bits per heavy atom. The van der Waals surface area contributed by atoms with E-state index in [9.17, 15) is 4.79 Å². The molecule has 0 saturated heterocycles. The molecule has 0 amide bonds. The molecule has 0 radical (unpaired) electrons. The highest BCUT2D eigenvalue weighted by atomic mass is 32.1. The molecule has 5 heteroatoms. The number of aromatic nitrogens is 3. The van der Waals surface area contributed by atoms with Gasteiger partial charge in [-0.1, -0.05) is 30.3 Å². The molecule has 0 bridgehead atoms. The second-order valence-electron chi connectivity index (χ2n) is 4.58. The van der Waals surface area contributed by atoms with E-state index in [4.69, 9.17) is 0 Å². The van der Waals surface area contributed by atoms with Crippen LogP contribution in [0.25, 0.3) is 11.3 Å².